The highest BCUT2D eigenvalue weighted by Crippen LogP contribution is 2.66. The Labute approximate surface area is 281 Å². The number of alkyl halides is 8. The maximum Gasteiger partial charge on any atom is 0.573 e. The molecule has 256 valence electrons. The van der Waals surface area contributed by atoms with Gasteiger partial charge in [-0.1, -0.05) is 23.3 Å². The Bertz CT molecular complexity index is 1820. The van der Waals surface area contributed by atoms with E-state index in [4.69, 9.17) is 34.8 Å². The molecule has 0 spiro atoms. The first kappa shape index (κ1) is 34.1. The molecular formula is C29H21Cl3F6N4O6. The zero-order chi connectivity index (χ0) is 35.5. The van der Waals surface area contributed by atoms with Gasteiger partial charge in [-0.05, 0) is 49.1 Å². The lowest BCUT2D eigenvalue weighted by Gasteiger charge is -2.50. The van der Waals surface area contributed by atoms with E-state index in [2.05, 4.69) is 9.72 Å². The molecule has 0 radical (unpaired) electrons. The van der Waals surface area contributed by atoms with E-state index in [9.17, 15) is 50.6 Å². The summed E-state index contributed by atoms with van der Waals surface area (Å²) in [5.41, 5.74) is -1.61. The standard InChI is InChI=1S/C29H21Cl3F6N4O6/c1-40-24(46)26(31)10-15-12(20(27(26,32)25(40)47)14-9-11(3-7-17(14)43)48-29(36,37)38)4-5-13-19(15)23(45)42(22(13)44)41(2)21-16(30)6-8-18(39-21)28(33,34)35/h3-4,6-9,13,15,19-20,43H,5,10H2,1-2H3. The van der Waals surface area contributed by atoms with Crippen LogP contribution in [0.1, 0.15) is 30.0 Å². The first-order valence-electron chi connectivity index (χ1n) is 14.0. The van der Waals surface area contributed by atoms with Gasteiger partial charge in [-0.15, -0.1) is 36.4 Å². The molecule has 2 aliphatic heterocycles. The van der Waals surface area contributed by atoms with E-state index < -0.39 is 99.0 Å². The minimum atomic E-state index is -5.15. The molecule has 2 aromatic rings. The summed E-state index contributed by atoms with van der Waals surface area (Å²) in [6.07, 6.45) is -9.31. The molecule has 6 rings (SSSR count). The van der Waals surface area contributed by atoms with Crippen LogP contribution < -0.4 is 9.75 Å². The number of rotatable bonds is 4. The Kier molecular flexibility index (Phi) is 7.73. The number of allylic oxidation sites excluding steroid dienone is 2. The number of aromatic hydroxyl groups is 1. The van der Waals surface area contributed by atoms with Crippen molar-refractivity contribution in [3.8, 4) is 11.5 Å². The highest BCUT2D eigenvalue weighted by atomic mass is 35.5. The fourth-order valence-corrected chi connectivity index (χ4v) is 8.48. The van der Waals surface area contributed by atoms with E-state index in [1.54, 1.807) is 0 Å². The fraction of sp³-hybridized carbons (Fsp3) is 0.414. The zero-order valence-corrected chi connectivity index (χ0v) is 26.6. The number of anilines is 1. The van der Waals surface area contributed by atoms with Crippen LogP contribution >= 0.6 is 34.8 Å². The molecule has 48 heavy (non-hydrogen) atoms. The van der Waals surface area contributed by atoms with Crippen molar-refractivity contribution in [2.45, 2.75) is 41.0 Å². The summed E-state index contributed by atoms with van der Waals surface area (Å²) in [7, 11) is 2.19. The van der Waals surface area contributed by atoms with Gasteiger partial charge in [-0.3, -0.25) is 29.1 Å². The largest absolute Gasteiger partial charge is 0.573 e. The number of carbonyl (C=O) groups excluding carboxylic acids is 4. The lowest BCUT2D eigenvalue weighted by Crippen LogP contribution is -2.60. The maximum atomic E-state index is 14.1. The molecule has 0 bridgehead atoms. The number of nitrogens with zero attached hydrogens (tertiary/aromatic N) is 4. The molecule has 1 N–H and O–H groups in total. The molecule has 1 aromatic heterocycles. The normalized spacial score (nSPS) is 30.3. The molecular weight excluding hydrogens is 721 g/mol. The number of phenols is 1. The van der Waals surface area contributed by atoms with Gasteiger partial charge < -0.3 is 9.84 Å². The minimum absolute atomic E-state index is 0.124. The summed E-state index contributed by atoms with van der Waals surface area (Å²) in [4.78, 5) is 54.5. The highest BCUT2D eigenvalue weighted by molar-refractivity contribution is 6.53. The van der Waals surface area contributed by atoms with Crippen LogP contribution in [0.4, 0.5) is 32.2 Å². The Morgan fingerprint density at radius 1 is 1.00 bits per heavy atom. The number of aromatic nitrogens is 1. The maximum absolute atomic E-state index is 14.1. The van der Waals surface area contributed by atoms with Gasteiger partial charge in [-0.25, -0.2) is 4.98 Å². The number of amides is 4. The number of halogens is 9. The first-order valence-corrected chi connectivity index (χ1v) is 15.1. The lowest BCUT2D eigenvalue weighted by atomic mass is 9.56. The summed E-state index contributed by atoms with van der Waals surface area (Å²) < 4.78 is 83.9. The molecule has 1 saturated carbocycles. The molecule has 2 saturated heterocycles. The molecule has 1 aromatic carbocycles. The SMILES string of the molecule is CN1C(=O)C2(Cl)CC3C(=CCC4C(=O)N(N(C)c5nc(C(F)(F)F)ccc5Cl)C(=O)C43)C(c3cc(OC(F)(F)F)ccc3O)C2(Cl)C1=O. The number of phenolic OH excluding ortho intramolecular Hbond substituents is 1. The van der Waals surface area contributed by atoms with E-state index in [0.717, 1.165) is 43.4 Å². The molecule has 3 heterocycles. The predicted molar refractivity (Wildman–Crippen MR) is 155 cm³/mol. The number of pyridine rings is 1. The second-order valence-electron chi connectivity index (χ2n) is 11.8. The molecule has 19 heteroatoms. The number of carbonyl (C=O) groups is 4. The molecule has 6 unspecified atom stereocenters. The van der Waals surface area contributed by atoms with Crippen LogP contribution in [0, 0.1) is 17.8 Å². The molecule has 3 fully saturated rings. The van der Waals surface area contributed by atoms with Gasteiger partial charge >= 0.3 is 12.5 Å². The third-order valence-electron chi connectivity index (χ3n) is 9.26. The quantitative estimate of drug-likeness (QED) is 0.192. The van der Waals surface area contributed by atoms with E-state index >= 15 is 0 Å². The van der Waals surface area contributed by atoms with Gasteiger partial charge in [0.15, 0.2) is 15.6 Å². The van der Waals surface area contributed by atoms with Crippen LogP contribution in [-0.2, 0) is 25.4 Å². The average molecular weight is 742 g/mol. The van der Waals surface area contributed by atoms with Crippen molar-refractivity contribution >= 4 is 64.2 Å². The van der Waals surface area contributed by atoms with E-state index in [1.165, 1.54) is 6.08 Å². The second kappa shape index (κ2) is 10.9. The molecule has 10 nitrogen and oxygen atoms in total. The topological polar surface area (TPSA) is 120 Å². The molecule has 2 aliphatic carbocycles. The Hall–Kier alpha value is -3.76. The van der Waals surface area contributed by atoms with Crippen molar-refractivity contribution in [3.05, 3.63) is 58.3 Å². The number of benzene rings is 1. The van der Waals surface area contributed by atoms with Gasteiger partial charge in [-0.2, -0.15) is 18.2 Å². The monoisotopic (exact) mass is 740 g/mol. The second-order valence-corrected chi connectivity index (χ2v) is 13.4. The first-order chi connectivity index (χ1) is 22.1. The van der Waals surface area contributed by atoms with E-state index in [1.807, 2.05) is 0 Å². The van der Waals surface area contributed by atoms with E-state index in [0.29, 0.717) is 16.0 Å². The van der Waals surface area contributed by atoms with Gasteiger partial charge in [0.1, 0.15) is 17.2 Å². The summed E-state index contributed by atoms with van der Waals surface area (Å²) >= 11 is 20.1. The number of hydrazine groups is 1. The van der Waals surface area contributed by atoms with Crippen molar-refractivity contribution in [2.24, 2.45) is 17.8 Å². The summed E-state index contributed by atoms with van der Waals surface area (Å²) in [6.45, 7) is 0. The molecule has 6 atom stereocenters. The van der Waals surface area contributed by atoms with E-state index in [-0.39, 0.29) is 22.6 Å². The van der Waals surface area contributed by atoms with Gasteiger partial charge in [0.2, 0.25) is 0 Å². The predicted octanol–water partition coefficient (Wildman–Crippen LogP) is 5.40. The van der Waals surface area contributed by atoms with Crippen molar-refractivity contribution in [1.82, 2.24) is 14.9 Å². The summed E-state index contributed by atoms with van der Waals surface area (Å²) in [5, 5.41) is 11.9. The van der Waals surface area contributed by atoms with Crippen molar-refractivity contribution in [2.75, 3.05) is 19.1 Å². The highest BCUT2D eigenvalue weighted by Gasteiger charge is 2.76. The van der Waals surface area contributed by atoms with Gasteiger partial charge in [0, 0.05) is 25.6 Å². The minimum Gasteiger partial charge on any atom is -0.508 e. The van der Waals surface area contributed by atoms with Crippen LogP contribution in [0.5, 0.6) is 11.5 Å². The Morgan fingerprint density at radius 2 is 1.67 bits per heavy atom. The van der Waals surface area contributed by atoms with Crippen LogP contribution in [0.15, 0.2) is 42.0 Å². The Balaban J connectivity index is 1.47. The molecule has 4 amide bonds. The summed E-state index contributed by atoms with van der Waals surface area (Å²) in [5.74, 6) is -11.1. The number of hydrogen-bond acceptors (Lipinski definition) is 8. The number of fused-ring (bicyclic) bond motifs is 4. The van der Waals surface area contributed by atoms with Crippen LogP contribution in [0.2, 0.25) is 5.02 Å². The third kappa shape index (κ3) is 4.81. The Morgan fingerprint density at radius 3 is 2.29 bits per heavy atom. The number of likely N-dealkylation sites (tertiary alicyclic amines) is 1. The summed E-state index contributed by atoms with van der Waals surface area (Å²) in [6, 6.07) is 3.96. The van der Waals surface area contributed by atoms with Crippen LogP contribution in [0.3, 0.4) is 0 Å². The van der Waals surface area contributed by atoms with Gasteiger partial charge in [0.05, 0.1) is 16.9 Å². The number of ether oxygens (including phenoxy) is 1. The average Bonchev–Trinajstić information content (AvgIpc) is 3.31. The van der Waals surface area contributed by atoms with Crippen molar-refractivity contribution in [1.29, 1.82) is 0 Å². The van der Waals surface area contributed by atoms with Crippen molar-refractivity contribution < 1.29 is 55.4 Å². The fourth-order valence-electron chi connectivity index (χ4n) is 7.24. The smallest absolute Gasteiger partial charge is 0.508 e. The third-order valence-corrected chi connectivity index (χ3v) is 11.0. The van der Waals surface area contributed by atoms with Crippen LogP contribution in [0.25, 0.3) is 0 Å². The number of hydrogen-bond donors (Lipinski definition) is 1. The van der Waals surface area contributed by atoms with Crippen molar-refractivity contribution in [3.63, 3.8) is 0 Å². The molecule has 4 aliphatic rings. The lowest BCUT2D eigenvalue weighted by molar-refractivity contribution is -0.274. The number of imide groups is 2. The van der Waals surface area contributed by atoms with Crippen LogP contribution in [-0.4, -0.2) is 73.8 Å². The zero-order valence-electron chi connectivity index (χ0n) is 24.4. The van der Waals surface area contributed by atoms with Gasteiger partial charge in [0.25, 0.3) is 23.6 Å².